The summed E-state index contributed by atoms with van der Waals surface area (Å²) in [7, 11) is 0. The number of ether oxygens (including phenoxy) is 4. The Hall–Kier alpha value is -3.12. The smallest absolute Gasteiger partial charge is 0.303 e. The average Bonchev–Trinajstić information content (AvgIpc) is 2.49. The molecule has 1 aliphatic heterocycles. The lowest BCUT2D eigenvalue weighted by Gasteiger charge is -2.42. The van der Waals surface area contributed by atoms with Crippen LogP contribution in [-0.2, 0) is 38.2 Å². The van der Waals surface area contributed by atoms with Crippen LogP contribution in [0.3, 0.4) is 0 Å². The Morgan fingerprint density at radius 2 is 1.73 bits per heavy atom. The Kier molecular flexibility index (Phi) is 7.55. The Morgan fingerprint density at radius 3 is 2.19 bits per heavy atom. The topological polar surface area (TPSA) is 189 Å². The van der Waals surface area contributed by atoms with Gasteiger partial charge < -0.3 is 18.9 Å². The van der Waals surface area contributed by atoms with Crippen molar-refractivity contribution >= 4 is 17.9 Å². The van der Waals surface area contributed by atoms with E-state index in [9.17, 15) is 24.5 Å². The third kappa shape index (κ3) is 6.07. The maximum Gasteiger partial charge on any atom is 0.303 e. The standard InChI is InChI=1S/C12H16N4O10/c1-5(17)22-4-8-10(23-6(2)18)11(24-7(3)19)9(14-15-13)12(25-8)26-16(20)21/h8-12H,4H2,1-3H3/t8-,9-,10+,11-,12?/m1/s1. The Balaban J connectivity index is 3.28. The lowest BCUT2D eigenvalue weighted by Crippen LogP contribution is -2.61. The summed E-state index contributed by atoms with van der Waals surface area (Å²) in [4.78, 5) is 51.3. The van der Waals surface area contributed by atoms with Crippen LogP contribution in [0.25, 0.3) is 10.4 Å². The van der Waals surface area contributed by atoms with E-state index in [0.717, 1.165) is 20.8 Å². The van der Waals surface area contributed by atoms with Gasteiger partial charge in [-0.15, -0.1) is 10.1 Å². The first-order chi connectivity index (χ1) is 12.1. The summed E-state index contributed by atoms with van der Waals surface area (Å²) < 4.78 is 20.1. The van der Waals surface area contributed by atoms with Gasteiger partial charge in [-0.2, -0.15) is 0 Å². The van der Waals surface area contributed by atoms with Crippen LogP contribution in [0.2, 0.25) is 0 Å². The van der Waals surface area contributed by atoms with Gasteiger partial charge in [0.15, 0.2) is 12.2 Å². The number of rotatable bonds is 7. The molecule has 14 nitrogen and oxygen atoms in total. The van der Waals surface area contributed by atoms with Crippen molar-refractivity contribution in [2.75, 3.05) is 6.61 Å². The molecule has 0 spiro atoms. The molecule has 14 heteroatoms. The van der Waals surface area contributed by atoms with Crippen molar-refractivity contribution in [3.63, 3.8) is 0 Å². The zero-order chi connectivity index (χ0) is 19.9. The van der Waals surface area contributed by atoms with Crippen molar-refractivity contribution in [1.82, 2.24) is 0 Å². The van der Waals surface area contributed by atoms with Crippen LogP contribution >= 0.6 is 0 Å². The molecule has 144 valence electrons. The van der Waals surface area contributed by atoms with Crippen LogP contribution in [0.4, 0.5) is 0 Å². The Labute approximate surface area is 146 Å². The minimum Gasteiger partial charge on any atom is -0.463 e. The zero-order valence-electron chi connectivity index (χ0n) is 14.0. The number of carbonyl (C=O) groups excluding carboxylic acids is 3. The van der Waals surface area contributed by atoms with E-state index in [0.29, 0.717) is 0 Å². The summed E-state index contributed by atoms with van der Waals surface area (Å²) in [6.07, 6.45) is -5.94. The summed E-state index contributed by atoms with van der Waals surface area (Å²) in [5.74, 6) is -2.36. The Morgan fingerprint density at radius 1 is 1.15 bits per heavy atom. The minimum absolute atomic E-state index is 0.494. The second-order valence-corrected chi connectivity index (χ2v) is 5.02. The summed E-state index contributed by atoms with van der Waals surface area (Å²) >= 11 is 0. The zero-order valence-corrected chi connectivity index (χ0v) is 14.0. The highest BCUT2D eigenvalue weighted by Crippen LogP contribution is 2.29. The highest BCUT2D eigenvalue weighted by Gasteiger charge is 2.51. The molecule has 0 amide bonds. The fourth-order valence-corrected chi connectivity index (χ4v) is 2.24. The van der Waals surface area contributed by atoms with Crippen LogP contribution < -0.4 is 0 Å². The van der Waals surface area contributed by atoms with Crippen LogP contribution in [0.1, 0.15) is 20.8 Å². The van der Waals surface area contributed by atoms with Gasteiger partial charge in [0.1, 0.15) is 18.8 Å². The number of esters is 3. The van der Waals surface area contributed by atoms with Crippen molar-refractivity contribution in [2.45, 2.75) is 51.4 Å². The molecule has 0 aromatic rings. The quantitative estimate of drug-likeness (QED) is 0.111. The molecule has 0 radical (unpaired) electrons. The lowest BCUT2D eigenvalue weighted by atomic mass is 9.97. The second-order valence-electron chi connectivity index (χ2n) is 5.02. The predicted molar refractivity (Wildman–Crippen MR) is 77.4 cm³/mol. The highest BCUT2D eigenvalue weighted by atomic mass is 17.0. The van der Waals surface area contributed by atoms with Gasteiger partial charge in [0.05, 0.1) is 0 Å². The maximum atomic E-state index is 11.4. The van der Waals surface area contributed by atoms with Crippen LogP contribution in [0, 0.1) is 10.1 Å². The second kappa shape index (κ2) is 9.39. The van der Waals surface area contributed by atoms with E-state index in [1.807, 2.05) is 0 Å². The lowest BCUT2D eigenvalue weighted by molar-refractivity contribution is -0.783. The van der Waals surface area contributed by atoms with Gasteiger partial charge in [-0.1, -0.05) is 5.11 Å². The highest BCUT2D eigenvalue weighted by molar-refractivity contribution is 5.68. The maximum absolute atomic E-state index is 11.4. The van der Waals surface area contributed by atoms with E-state index in [2.05, 4.69) is 14.9 Å². The molecule has 1 unspecified atom stereocenters. The van der Waals surface area contributed by atoms with Crippen molar-refractivity contribution in [2.24, 2.45) is 5.11 Å². The van der Waals surface area contributed by atoms with Crippen molar-refractivity contribution in [1.29, 1.82) is 0 Å². The first kappa shape index (κ1) is 20.9. The van der Waals surface area contributed by atoms with Gasteiger partial charge in [-0.05, 0) is 5.53 Å². The molecule has 0 bridgehead atoms. The molecular weight excluding hydrogens is 360 g/mol. The molecule has 1 saturated heterocycles. The minimum atomic E-state index is -1.79. The number of carbonyl (C=O) groups is 3. The largest absolute Gasteiger partial charge is 0.463 e. The molecule has 0 aromatic carbocycles. The first-order valence-electron chi connectivity index (χ1n) is 7.14. The molecule has 1 fully saturated rings. The third-order valence-electron chi connectivity index (χ3n) is 3.04. The SMILES string of the molecule is CC(=O)OC[C@H]1OC(O[N+](=O)[O-])[C@H](N=[N+]=[N-])[C@@H](OC(C)=O)[C@H]1OC(C)=O. The van der Waals surface area contributed by atoms with Crippen LogP contribution in [0.5, 0.6) is 0 Å². The fraction of sp³-hybridized carbons (Fsp3) is 0.750. The molecule has 26 heavy (non-hydrogen) atoms. The van der Waals surface area contributed by atoms with Crippen LogP contribution in [0.15, 0.2) is 5.11 Å². The molecular formula is C12H16N4O10. The van der Waals surface area contributed by atoms with Gasteiger partial charge >= 0.3 is 17.9 Å². The first-order valence-corrected chi connectivity index (χ1v) is 7.14. The monoisotopic (exact) mass is 376 g/mol. The molecule has 1 heterocycles. The third-order valence-corrected chi connectivity index (χ3v) is 3.04. The normalized spacial score (nSPS) is 27.4. The average molecular weight is 376 g/mol. The van der Waals surface area contributed by atoms with E-state index in [1.54, 1.807) is 0 Å². The number of azide groups is 1. The van der Waals surface area contributed by atoms with Gasteiger partial charge in [0.2, 0.25) is 6.29 Å². The van der Waals surface area contributed by atoms with Crippen molar-refractivity contribution in [3.8, 4) is 0 Å². The molecule has 0 N–H and O–H groups in total. The molecule has 1 rings (SSSR count). The van der Waals surface area contributed by atoms with Gasteiger partial charge in [-0.25, -0.2) is 0 Å². The summed E-state index contributed by atoms with van der Waals surface area (Å²) in [5.41, 5.74) is 8.69. The molecule has 0 saturated carbocycles. The van der Waals surface area contributed by atoms with Crippen LogP contribution in [-0.4, -0.2) is 60.2 Å². The van der Waals surface area contributed by atoms with Gasteiger partial charge in [-0.3, -0.25) is 19.2 Å². The molecule has 0 aromatic heterocycles. The predicted octanol–water partition coefficient (Wildman–Crippen LogP) is 0.0250. The summed E-state index contributed by atoms with van der Waals surface area (Å²) in [6, 6.07) is -1.55. The molecule has 1 aliphatic rings. The fourth-order valence-electron chi connectivity index (χ4n) is 2.24. The van der Waals surface area contributed by atoms with E-state index in [4.69, 9.17) is 24.5 Å². The van der Waals surface area contributed by atoms with E-state index < -0.39 is 60.2 Å². The van der Waals surface area contributed by atoms with Gasteiger partial charge in [0, 0.05) is 25.7 Å². The number of hydrogen-bond donors (Lipinski definition) is 0. The summed E-state index contributed by atoms with van der Waals surface area (Å²) in [6.45, 7) is 2.68. The molecule has 0 aliphatic carbocycles. The van der Waals surface area contributed by atoms with E-state index >= 15 is 0 Å². The summed E-state index contributed by atoms with van der Waals surface area (Å²) in [5, 5.41) is 12.8. The van der Waals surface area contributed by atoms with E-state index in [1.165, 1.54) is 0 Å². The number of nitrogens with zero attached hydrogens (tertiary/aromatic N) is 4. The number of hydrogen-bond acceptors (Lipinski definition) is 11. The molecule has 5 atom stereocenters. The Bertz CT molecular complexity index is 619. The van der Waals surface area contributed by atoms with Gasteiger partial charge in [0.25, 0.3) is 5.09 Å². The van der Waals surface area contributed by atoms with Crippen molar-refractivity contribution in [3.05, 3.63) is 20.6 Å². The van der Waals surface area contributed by atoms with E-state index in [-0.39, 0.29) is 0 Å². The van der Waals surface area contributed by atoms with Crippen molar-refractivity contribution < 1.29 is 43.3 Å².